The molecule has 39 heavy (non-hydrogen) atoms. The highest BCUT2D eigenvalue weighted by molar-refractivity contribution is 5.94. The second-order valence-electron chi connectivity index (χ2n) is 10.6. The van der Waals surface area contributed by atoms with Crippen molar-refractivity contribution in [2.24, 2.45) is 0 Å². The zero-order chi connectivity index (χ0) is 27.0. The number of nitriles is 1. The van der Waals surface area contributed by atoms with Gasteiger partial charge in [0, 0.05) is 61.8 Å². The third kappa shape index (κ3) is 7.07. The number of benzene rings is 3. The van der Waals surface area contributed by atoms with Crippen molar-refractivity contribution in [2.75, 3.05) is 31.1 Å². The van der Waals surface area contributed by atoms with Gasteiger partial charge in [0.25, 0.3) is 5.91 Å². The predicted octanol–water partition coefficient (Wildman–Crippen LogP) is 5.18. The largest absolute Gasteiger partial charge is 0.382 e. The van der Waals surface area contributed by atoms with E-state index >= 15 is 0 Å². The molecule has 1 amide bonds. The van der Waals surface area contributed by atoms with Crippen molar-refractivity contribution in [3.05, 3.63) is 108 Å². The number of nitrogens with one attached hydrogen (secondary N) is 2. The topological polar surface area (TPSA) is 71.4 Å². The van der Waals surface area contributed by atoms with Gasteiger partial charge in [-0.3, -0.25) is 9.69 Å². The number of carbonyl (C=O) groups excluding carboxylic acids is 1. The maximum absolute atomic E-state index is 12.9. The molecule has 0 atom stereocenters. The lowest BCUT2D eigenvalue weighted by atomic mass is 10.0. The van der Waals surface area contributed by atoms with Crippen LogP contribution >= 0.6 is 0 Å². The van der Waals surface area contributed by atoms with Gasteiger partial charge in [-0.1, -0.05) is 49.0 Å². The van der Waals surface area contributed by atoms with Gasteiger partial charge >= 0.3 is 0 Å². The molecule has 2 aliphatic rings. The summed E-state index contributed by atoms with van der Waals surface area (Å²) >= 11 is 0. The van der Waals surface area contributed by atoms with E-state index in [1.807, 2.05) is 54.6 Å². The molecule has 0 aromatic heterocycles. The summed E-state index contributed by atoms with van der Waals surface area (Å²) in [6, 6.07) is 28.9. The van der Waals surface area contributed by atoms with Gasteiger partial charge in [-0.2, -0.15) is 5.26 Å². The SMILES string of the molecule is C=C(NC1CCN(Cc2ccc(C#N)cc2)CC1)c1ccc(C(=O)NC2CCN(c3ccccc3)CC2)cc1. The van der Waals surface area contributed by atoms with Gasteiger partial charge in [0.15, 0.2) is 0 Å². The minimum absolute atomic E-state index is 0.00656. The van der Waals surface area contributed by atoms with Crippen molar-refractivity contribution in [3.8, 4) is 6.07 Å². The van der Waals surface area contributed by atoms with E-state index in [0.717, 1.165) is 69.7 Å². The number of amides is 1. The Labute approximate surface area is 231 Å². The molecule has 0 unspecified atom stereocenters. The van der Waals surface area contributed by atoms with Crippen molar-refractivity contribution in [1.82, 2.24) is 15.5 Å². The van der Waals surface area contributed by atoms with E-state index in [-0.39, 0.29) is 11.9 Å². The molecule has 2 heterocycles. The Balaban J connectivity index is 1.04. The molecule has 0 saturated carbocycles. The molecule has 2 N–H and O–H groups in total. The number of piperidine rings is 2. The van der Waals surface area contributed by atoms with Gasteiger partial charge in [-0.05, 0) is 73.2 Å². The minimum Gasteiger partial charge on any atom is -0.382 e. The smallest absolute Gasteiger partial charge is 0.251 e. The van der Waals surface area contributed by atoms with E-state index in [9.17, 15) is 4.79 Å². The number of nitrogens with zero attached hydrogens (tertiary/aromatic N) is 3. The Morgan fingerprint density at radius 2 is 1.38 bits per heavy atom. The minimum atomic E-state index is -0.00656. The summed E-state index contributed by atoms with van der Waals surface area (Å²) in [5.41, 5.74) is 5.80. The van der Waals surface area contributed by atoms with Crippen LogP contribution in [0, 0.1) is 11.3 Å². The molecule has 5 rings (SSSR count). The molecule has 3 aromatic carbocycles. The van der Waals surface area contributed by atoms with Crippen molar-refractivity contribution in [1.29, 1.82) is 5.26 Å². The molecule has 3 aromatic rings. The predicted molar refractivity (Wildman–Crippen MR) is 157 cm³/mol. The fraction of sp³-hybridized carbons (Fsp3) is 0.333. The molecule has 6 heteroatoms. The summed E-state index contributed by atoms with van der Waals surface area (Å²) in [4.78, 5) is 17.7. The standard InChI is InChI=1S/C33H37N5O/c1-25(35-30-15-19-37(20-16-30)24-27-9-7-26(23-34)8-10-27)28-11-13-29(14-12-28)33(39)36-31-17-21-38(22-18-31)32-5-3-2-4-6-32/h2-14,30-31,35H,1,15-22,24H2,(H,36,39). The lowest BCUT2D eigenvalue weighted by molar-refractivity contribution is 0.0931. The highest BCUT2D eigenvalue weighted by Crippen LogP contribution is 2.21. The number of hydrogen-bond acceptors (Lipinski definition) is 5. The number of carbonyl (C=O) groups is 1. The van der Waals surface area contributed by atoms with Gasteiger partial charge in [0.2, 0.25) is 0 Å². The summed E-state index contributed by atoms with van der Waals surface area (Å²) in [5.74, 6) is -0.00656. The zero-order valence-corrected chi connectivity index (χ0v) is 22.5. The van der Waals surface area contributed by atoms with Crippen LogP contribution in [0.25, 0.3) is 5.70 Å². The van der Waals surface area contributed by atoms with Crippen LogP contribution in [0.5, 0.6) is 0 Å². The molecule has 2 aliphatic heterocycles. The first-order valence-corrected chi connectivity index (χ1v) is 14.0. The third-order valence-electron chi connectivity index (χ3n) is 7.90. The number of hydrogen-bond donors (Lipinski definition) is 2. The number of para-hydroxylation sites is 1. The Morgan fingerprint density at radius 1 is 0.795 bits per heavy atom. The van der Waals surface area contributed by atoms with E-state index in [4.69, 9.17) is 5.26 Å². The van der Waals surface area contributed by atoms with E-state index in [1.54, 1.807) is 0 Å². The molecular formula is C33H37N5O. The summed E-state index contributed by atoms with van der Waals surface area (Å²) in [6.45, 7) is 9.13. The average molecular weight is 520 g/mol. The lowest BCUT2D eigenvalue weighted by Gasteiger charge is -2.34. The molecule has 0 radical (unpaired) electrons. The molecule has 6 nitrogen and oxygen atoms in total. The number of likely N-dealkylation sites (tertiary alicyclic amines) is 1. The Morgan fingerprint density at radius 3 is 2.03 bits per heavy atom. The van der Waals surface area contributed by atoms with E-state index in [0.29, 0.717) is 17.2 Å². The normalized spacial score (nSPS) is 16.8. The van der Waals surface area contributed by atoms with Crippen LogP contribution in [0.2, 0.25) is 0 Å². The molecule has 200 valence electrons. The van der Waals surface area contributed by atoms with Crippen LogP contribution in [-0.2, 0) is 6.54 Å². The fourth-order valence-corrected chi connectivity index (χ4v) is 5.52. The molecule has 2 fully saturated rings. The van der Waals surface area contributed by atoms with Crippen molar-refractivity contribution < 1.29 is 4.79 Å². The first kappa shape index (κ1) is 26.5. The third-order valence-corrected chi connectivity index (χ3v) is 7.90. The van der Waals surface area contributed by atoms with Crippen molar-refractivity contribution in [2.45, 2.75) is 44.3 Å². The molecule has 0 aliphatic carbocycles. The van der Waals surface area contributed by atoms with Crippen LogP contribution in [0.1, 0.15) is 52.7 Å². The number of anilines is 1. The van der Waals surface area contributed by atoms with Crippen LogP contribution in [0.4, 0.5) is 5.69 Å². The maximum atomic E-state index is 12.9. The van der Waals surface area contributed by atoms with Gasteiger partial charge in [-0.15, -0.1) is 0 Å². The molecule has 0 spiro atoms. The van der Waals surface area contributed by atoms with Crippen LogP contribution < -0.4 is 15.5 Å². The average Bonchev–Trinajstić information content (AvgIpc) is 2.99. The van der Waals surface area contributed by atoms with Crippen LogP contribution in [0.3, 0.4) is 0 Å². The Kier molecular flexibility index (Phi) is 8.60. The molecule has 2 saturated heterocycles. The van der Waals surface area contributed by atoms with Crippen LogP contribution in [0.15, 0.2) is 85.4 Å². The summed E-state index contributed by atoms with van der Waals surface area (Å²) in [6.07, 6.45) is 4.01. The zero-order valence-electron chi connectivity index (χ0n) is 22.5. The quantitative estimate of drug-likeness (QED) is 0.429. The Bertz CT molecular complexity index is 1280. The molecule has 0 bridgehead atoms. The highest BCUT2D eigenvalue weighted by Gasteiger charge is 2.22. The fourth-order valence-electron chi connectivity index (χ4n) is 5.52. The number of rotatable bonds is 8. The van der Waals surface area contributed by atoms with Crippen molar-refractivity contribution >= 4 is 17.3 Å². The van der Waals surface area contributed by atoms with Gasteiger partial charge in [-0.25, -0.2) is 0 Å². The summed E-state index contributed by atoms with van der Waals surface area (Å²) in [5, 5.41) is 15.8. The second-order valence-corrected chi connectivity index (χ2v) is 10.6. The first-order valence-electron chi connectivity index (χ1n) is 14.0. The van der Waals surface area contributed by atoms with Gasteiger partial charge in [0.05, 0.1) is 11.6 Å². The van der Waals surface area contributed by atoms with Crippen LogP contribution in [-0.4, -0.2) is 49.1 Å². The van der Waals surface area contributed by atoms with Gasteiger partial charge in [0.1, 0.15) is 0 Å². The first-order chi connectivity index (χ1) is 19.1. The summed E-state index contributed by atoms with van der Waals surface area (Å²) < 4.78 is 0. The highest BCUT2D eigenvalue weighted by atomic mass is 16.1. The molecular weight excluding hydrogens is 482 g/mol. The van der Waals surface area contributed by atoms with E-state index < -0.39 is 0 Å². The van der Waals surface area contributed by atoms with E-state index in [1.165, 1.54) is 11.3 Å². The maximum Gasteiger partial charge on any atom is 0.251 e. The van der Waals surface area contributed by atoms with Crippen molar-refractivity contribution in [3.63, 3.8) is 0 Å². The monoisotopic (exact) mass is 519 g/mol. The lowest BCUT2D eigenvalue weighted by Crippen LogP contribution is -2.44. The van der Waals surface area contributed by atoms with Gasteiger partial charge < -0.3 is 15.5 Å². The van der Waals surface area contributed by atoms with E-state index in [2.05, 4.69) is 57.3 Å². The summed E-state index contributed by atoms with van der Waals surface area (Å²) in [7, 11) is 0. The Hall–Kier alpha value is -4.08. The second kappa shape index (κ2) is 12.6.